The summed E-state index contributed by atoms with van der Waals surface area (Å²) in [4.78, 5) is 0. The van der Waals surface area contributed by atoms with Crippen LogP contribution < -0.4 is 0 Å². The van der Waals surface area contributed by atoms with E-state index in [9.17, 15) is 0 Å². The molecule has 58 valence electrons. The van der Waals surface area contributed by atoms with Gasteiger partial charge in [0.1, 0.15) is 0 Å². The lowest BCUT2D eigenvalue weighted by Gasteiger charge is -2.33. The van der Waals surface area contributed by atoms with Gasteiger partial charge in [0, 0.05) is 4.75 Å². The van der Waals surface area contributed by atoms with E-state index in [1.54, 1.807) is 0 Å². The number of rotatable bonds is 0. The molecule has 0 spiro atoms. The Labute approximate surface area is 67.9 Å². The Kier molecular flexibility index (Phi) is 1.85. The first kappa shape index (κ1) is 8.47. The molecule has 10 heavy (non-hydrogen) atoms. The van der Waals surface area contributed by atoms with Crippen LogP contribution in [0.2, 0.25) is 6.82 Å². The van der Waals surface area contributed by atoms with Gasteiger partial charge in [-0.05, 0) is 34.5 Å². The maximum atomic E-state index is 5.73. The molecule has 0 aromatic heterocycles. The van der Waals surface area contributed by atoms with Crippen molar-refractivity contribution < 1.29 is 4.65 Å². The van der Waals surface area contributed by atoms with Gasteiger partial charge in [0.05, 0.1) is 5.60 Å². The van der Waals surface area contributed by atoms with Gasteiger partial charge in [0.15, 0.2) is 0 Å². The minimum absolute atomic E-state index is 0.0249. The van der Waals surface area contributed by atoms with Crippen molar-refractivity contribution in [1.29, 1.82) is 0 Å². The molecule has 0 saturated carbocycles. The van der Waals surface area contributed by atoms with Crippen molar-refractivity contribution in [2.24, 2.45) is 0 Å². The Balaban J connectivity index is 2.78. The van der Waals surface area contributed by atoms with E-state index in [0.29, 0.717) is 6.19 Å². The SMILES string of the molecule is CB1OC(C)(C)C(C)(C)S1. The molecule has 0 aliphatic carbocycles. The molecule has 0 atom stereocenters. The lowest BCUT2D eigenvalue weighted by atomic mass is 9.91. The monoisotopic (exact) mass is 158 g/mol. The van der Waals surface area contributed by atoms with Crippen LogP contribution in [-0.4, -0.2) is 16.5 Å². The lowest BCUT2D eigenvalue weighted by Crippen LogP contribution is -2.39. The summed E-state index contributed by atoms with van der Waals surface area (Å²) in [7, 11) is 0. The summed E-state index contributed by atoms with van der Waals surface area (Å²) in [5.74, 6) is 0. The van der Waals surface area contributed by atoms with Crippen molar-refractivity contribution >= 4 is 17.8 Å². The van der Waals surface area contributed by atoms with E-state index < -0.39 is 0 Å². The first-order chi connectivity index (χ1) is 4.35. The molecule has 1 rings (SSSR count). The quantitative estimate of drug-likeness (QED) is 0.500. The van der Waals surface area contributed by atoms with Crippen LogP contribution >= 0.6 is 11.6 Å². The average molecular weight is 158 g/mol. The van der Waals surface area contributed by atoms with E-state index in [1.807, 2.05) is 11.6 Å². The molecule has 1 heterocycles. The van der Waals surface area contributed by atoms with E-state index in [-0.39, 0.29) is 10.3 Å². The highest BCUT2D eigenvalue weighted by atomic mass is 32.2. The largest absolute Gasteiger partial charge is 0.419 e. The Morgan fingerprint density at radius 1 is 1.20 bits per heavy atom. The maximum Gasteiger partial charge on any atom is 0.359 e. The fourth-order valence-electron chi connectivity index (χ4n) is 1.14. The predicted octanol–water partition coefficient (Wildman–Crippen LogP) is 2.43. The zero-order valence-corrected chi connectivity index (χ0v) is 8.21. The molecule has 1 aliphatic heterocycles. The summed E-state index contributed by atoms with van der Waals surface area (Å²) in [6.45, 7) is 10.9. The van der Waals surface area contributed by atoms with E-state index in [2.05, 4.69) is 34.5 Å². The molecule has 0 aromatic rings. The molecule has 0 unspecified atom stereocenters. The average Bonchev–Trinajstić information content (AvgIpc) is 1.73. The minimum Gasteiger partial charge on any atom is -0.419 e. The first-order valence-corrected chi connectivity index (χ1v) is 4.59. The molecule has 1 fully saturated rings. The number of hydrogen-bond donors (Lipinski definition) is 0. The van der Waals surface area contributed by atoms with Crippen molar-refractivity contribution in [3.8, 4) is 0 Å². The van der Waals surface area contributed by atoms with Crippen LogP contribution in [0.15, 0.2) is 0 Å². The standard InChI is InChI=1S/C7H15BOS/c1-6(2)7(3,4)10-8(5)9-6/h1-5H3. The van der Waals surface area contributed by atoms with Gasteiger partial charge in [-0.2, -0.15) is 11.6 Å². The molecule has 0 aromatic carbocycles. The molecule has 1 saturated heterocycles. The van der Waals surface area contributed by atoms with Crippen LogP contribution in [0.1, 0.15) is 27.7 Å². The normalized spacial score (nSPS) is 29.1. The van der Waals surface area contributed by atoms with E-state index in [0.717, 1.165) is 0 Å². The highest BCUT2D eigenvalue weighted by molar-refractivity contribution is 8.26. The Morgan fingerprint density at radius 2 is 1.70 bits per heavy atom. The third-order valence-electron chi connectivity index (χ3n) is 2.37. The molecule has 0 amide bonds. The molecule has 3 heteroatoms. The van der Waals surface area contributed by atoms with Crippen molar-refractivity contribution in [2.75, 3.05) is 0 Å². The fraction of sp³-hybridized carbons (Fsp3) is 1.00. The Bertz CT molecular complexity index is 129. The highest BCUT2D eigenvalue weighted by Crippen LogP contribution is 2.46. The zero-order valence-electron chi connectivity index (χ0n) is 7.39. The summed E-state index contributed by atoms with van der Waals surface area (Å²) in [5, 5.41) is 0. The summed E-state index contributed by atoms with van der Waals surface area (Å²) in [5.41, 5.74) is 0.0249. The van der Waals surface area contributed by atoms with E-state index >= 15 is 0 Å². The van der Waals surface area contributed by atoms with Gasteiger partial charge in [-0.25, -0.2) is 0 Å². The zero-order chi connectivity index (χ0) is 7.99. The molecule has 1 nitrogen and oxygen atoms in total. The van der Waals surface area contributed by atoms with Crippen LogP contribution in [-0.2, 0) is 4.65 Å². The van der Waals surface area contributed by atoms with E-state index in [4.69, 9.17) is 4.65 Å². The lowest BCUT2D eigenvalue weighted by molar-refractivity contribution is 0.0924. The Hall–Kier alpha value is 0.375. The molecule has 0 bridgehead atoms. The minimum atomic E-state index is 0.0249. The third-order valence-corrected chi connectivity index (χ3v) is 3.88. The molecule has 1 aliphatic rings. The van der Waals surface area contributed by atoms with Crippen LogP contribution in [0.4, 0.5) is 0 Å². The third kappa shape index (κ3) is 1.21. The van der Waals surface area contributed by atoms with Crippen LogP contribution in [0, 0.1) is 0 Å². The summed E-state index contributed by atoms with van der Waals surface area (Å²) in [6.07, 6.45) is 0.352. The number of hydrogen-bond acceptors (Lipinski definition) is 2. The Morgan fingerprint density at radius 3 is 1.80 bits per heavy atom. The predicted molar refractivity (Wildman–Crippen MR) is 48.5 cm³/mol. The summed E-state index contributed by atoms with van der Waals surface area (Å²) < 4.78 is 5.98. The second-order valence-corrected chi connectivity index (χ2v) is 5.74. The van der Waals surface area contributed by atoms with Gasteiger partial charge in [0.2, 0.25) is 0 Å². The van der Waals surface area contributed by atoms with Crippen LogP contribution in [0.25, 0.3) is 0 Å². The summed E-state index contributed by atoms with van der Waals surface area (Å²) in [6, 6.07) is 0. The fourth-order valence-corrected chi connectivity index (χ4v) is 2.59. The van der Waals surface area contributed by atoms with Gasteiger partial charge in [0.25, 0.3) is 0 Å². The van der Waals surface area contributed by atoms with Crippen LogP contribution in [0.5, 0.6) is 0 Å². The highest BCUT2D eigenvalue weighted by Gasteiger charge is 2.47. The van der Waals surface area contributed by atoms with E-state index in [1.165, 1.54) is 0 Å². The van der Waals surface area contributed by atoms with Gasteiger partial charge < -0.3 is 4.65 Å². The van der Waals surface area contributed by atoms with Gasteiger partial charge in [-0.1, -0.05) is 0 Å². The first-order valence-electron chi connectivity index (χ1n) is 3.71. The second kappa shape index (κ2) is 2.18. The van der Waals surface area contributed by atoms with Gasteiger partial charge in [-0.15, -0.1) is 0 Å². The van der Waals surface area contributed by atoms with Crippen molar-refractivity contribution in [3.05, 3.63) is 0 Å². The van der Waals surface area contributed by atoms with Gasteiger partial charge >= 0.3 is 6.19 Å². The smallest absolute Gasteiger partial charge is 0.359 e. The van der Waals surface area contributed by atoms with Crippen LogP contribution in [0.3, 0.4) is 0 Å². The second-order valence-electron chi connectivity index (χ2n) is 3.82. The molecule has 0 radical (unpaired) electrons. The maximum absolute atomic E-state index is 5.73. The summed E-state index contributed by atoms with van der Waals surface area (Å²) >= 11 is 1.91. The van der Waals surface area contributed by atoms with Crippen molar-refractivity contribution in [3.63, 3.8) is 0 Å². The molecular weight excluding hydrogens is 143 g/mol. The van der Waals surface area contributed by atoms with Crippen molar-refractivity contribution in [2.45, 2.75) is 44.9 Å². The van der Waals surface area contributed by atoms with Gasteiger partial charge in [-0.3, -0.25) is 0 Å². The molecular formula is C7H15BOS. The topological polar surface area (TPSA) is 9.23 Å². The van der Waals surface area contributed by atoms with Crippen molar-refractivity contribution in [1.82, 2.24) is 0 Å². The molecule has 0 N–H and O–H groups in total.